The summed E-state index contributed by atoms with van der Waals surface area (Å²) < 4.78 is 14.1. The molecule has 1 aromatic heterocycles. The Kier molecular flexibility index (Phi) is 4.79. The van der Waals surface area contributed by atoms with Crippen molar-refractivity contribution in [2.45, 2.75) is 18.9 Å². The summed E-state index contributed by atoms with van der Waals surface area (Å²) in [7, 11) is 0. The van der Waals surface area contributed by atoms with Crippen molar-refractivity contribution in [3.63, 3.8) is 0 Å². The summed E-state index contributed by atoms with van der Waals surface area (Å²) in [6, 6.07) is 8.49. The number of halogens is 1. The number of amides is 2. The summed E-state index contributed by atoms with van der Waals surface area (Å²) in [5.74, 6) is -1.40. The van der Waals surface area contributed by atoms with Crippen molar-refractivity contribution in [3.8, 4) is 0 Å². The number of anilines is 1. The van der Waals surface area contributed by atoms with Crippen LogP contribution in [0, 0.1) is 5.82 Å². The fourth-order valence-corrected chi connectivity index (χ4v) is 3.52. The lowest BCUT2D eigenvalue weighted by Gasteiger charge is -2.23. The van der Waals surface area contributed by atoms with Gasteiger partial charge in [-0.05, 0) is 49.2 Å². The number of hydrogen-bond acceptors (Lipinski definition) is 4. The van der Waals surface area contributed by atoms with E-state index in [1.807, 2.05) is 0 Å². The number of aromatic amines is 1. The molecule has 4 rings (SSSR count). The molecule has 0 saturated carbocycles. The molecular formula is C20H19FN4O3. The van der Waals surface area contributed by atoms with Crippen LogP contribution >= 0.6 is 0 Å². The SMILES string of the molecule is O=C(Nc1cc(F)cc(C(=O)N2CCC[C@H]2CO)c1)c1ccc2nc[nH]c2c1. The van der Waals surface area contributed by atoms with Crippen LogP contribution in [-0.2, 0) is 0 Å². The molecule has 1 aliphatic heterocycles. The van der Waals surface area contributed by atoms with Crippen molar-refractivity contribution < 1.29 is 19.1 Å². The number of carbonyl (C=O) groups is 2. The normalized spacial score (nSPS) is 16.5. The molecule has 0 spiro atoms. The summed E-state index contributed by atoms with van der Waals surface area (Å²) in [5, 5.41) is 12.0. The number of nitrogens with zero attached hydrogens (tertiary/aromatic N) is 2. The van der Waals surface area contributed by atoms with E-state index in [4.69, 9.17) is 0 Å². The Bertz CT molecular complexity index is 1050. The van der Waals surface area contributed by atoms with E-state index in [-0.39, 0.29) is 29.8 Å². The van der Waals surface area contributed by atoms with Crippen molar-refractivity contribution >= 4 is 28.5 Å². The highest BCUT2D eigenvalue weighted by Crippen LogP contribution is 2.23. The van der Waals surface area contributed by atoms with E-state index in [0.29, 0.717) is 17.6 Å². The highest BCUT2D eigenvalue weighted by Gasteiger charge is 2.29. The largest absolute Gasteiger partial charge is 0.394 e. The first-order valence-electron chi connectivity index (χ1n) is 9.02. The van der Waals surface area contributed by atoms with Crippen LogP contribution in [0.2, 0.25) is 0 Å². The first-order chi connectivity index (χ1) is 13.5. The average molecular weight is 382 g/mol. The molecule has 1 fully saturated rings. The first-order valence-corrected chi connectivity index (χ1v) is 9.02. The van der Waals surface area contributed by atoms with Gasteiger partial charge in [0.2, 0.25) is 0 Å². The van der Waals surface area contributed by atoms with E-state index < -0.39 is 11.7 Å². The van der Waals surface area contributed by atoms with Gasteiger partial charge in [0, 0.05) is 23.4 Å². The van der Waals surface area contributed by atoms with Gasteiger partial charge in [-0.25, -0.2) is 9.37 Å². The van der Waals surface area contributed by atoms with E-state index in [1.165, 1.54) is 12.4 Å². The number of carbonyl (C=O) groups excluding carboxylic acids is 2. The maximum atomic E-state index is 14.1. The maximum Gasteiger partial charge on any atom is 0.255 e. The minimum absolute atomic E-state index is 0.124. The Morgan fingerprint density at radius 1 is 1.25 bits per heavy atom. The highest BCUT2D eigenvalue weighted by atomic mass is 19.1. The summed E-state index contributed by atoms with van der Waals surface area (Å²) in [6.07, 6.45) is 3.05. The van der Waals surface area contributed by atoms with Gasteiger partial charge in [-0.3, -0.25) is 9.59 Å². The van der Waals surface area contributed by atoms with Gasteiger partial charge in [-0.1, -0.05) is 0 Å². The summed E-state index contributed by atoms with van der Waals surface area (Å²) in [4.78, 5) is 33.8. The lowest BCUT2D eigenvalue weighted by Crippen LogP contribution is -2.37. The molecule has 2 heterocycles. The molecule has 7 nitrogen and oxygen atoms in total. The summed E-state index contributed by atoms with van der Waals surface area (Å²) in [6.45, 7) is 0.396. The lowest BCUT2D eigenvalue weighted by molar-refractivity contribution is 0.0677. The number of benzene rings is 2. The zero-order valence-corrected chi connectivity index (χ0v) is 15.0. The third-order valence-electron chi connectivity index (χ3n) is 4.93. The summed E-state index contributed by atoms with van der Waals surface area (Å²) >= 11 is 0. The monoisotopic (exact) mass is 382 g/mol. The van der Waals surface area contributed by atoms with E-state index in [0.717, 1.165) is 30.5 Å². The zero-order valence-electron chi connectivity index (χ0n) is 15.0. The zero-order chi connectivity index (χ0) is 19.7. The van der Waals surface area contributed by atoms with Crippen molar-refractivity contribution in [2.24, 2.45) is 0 Å². The lowest BCUT2D eigenvalue weighted by atomic mass is 10.1. The van der Waals surface area contributed by atoms with Gasteiger partial charge in [-0.2, -0.15) is 0 Å². The number of fused-ring (bicyclic) bond motifs is 1. The number of aliphatic hydroxyl groups excluding tert-OH is 1. The van der Waals surface area contributed by atoms with E-state index in [2.05, 4.69) is 15.3 Å². The fraction of sp³-hybridized carbons (Fsp3) is 0.250. The Morgan fingerprint density at radius 3 is 2.93 bits per heavy atom. The molecule has 28 heavy (non-hydrogen) atoms. The van der Waals surface area contributed by atoms with Crippen LogP contribution in [0.4, 0.5) is 10.1 Å². The van der Waals surface area contributed by atoms with Crippen molar-refractivity contribution in [2.75, 3.05) is 18.5 Å². The number of rotatable bonds is 4. The Morgan fingerprint density at radius 2 is 2.11 bits per heavy atom. The second kappa shape index (κ2) is 7.40. The van der Waals surface area contributed by atoms with Crippen LogP contribution in [0.1, 0.15) is 33.6 Å². The molecule has 8 heteroatoms. The van der Waals surface area contributed by atoms with Crippen LogP contribution in [0.25, 0.3) is 11.0 Å². The highest BCUT2D eigenvalue weighted by molar-refractivity contribution is 6.06. The van der Waals surface area contributed by atoms with Crippen LogP contribution in [0.3, 0.4) is 0 Å². The molecule has 3 N–H and O–H groups in total. The molecule has 0 bridgehead atoms. The number of H-pyrrole nitrogens is 1. The van der Waals surface area contributed by atoms with Gasteiger partial charge in [-0.15, -0.1) is 0 Å². The number of likely N-dealkylation sites (tertiary alicyclic amines) is 1. The predicted octanol–water partition coefficient (Wildman–Crippen LogP) is 2.55. The average Bonchev–Trinajstić information content (AvgIpc) is 3.35. The standard InChI is InChI=1S/C20H19FN4O3/c21-14-6-13(20(28)25-5-1-2-16(25)10-26)7-15(9-14)24-19(27)12-3-4-17-18(8-12)23-11-22-17/h3-4,6-9,11,16,26H,1-2,5,10H2,(H,22,23)(H,24,27)/t16-/m0/s1. The van der Waals surface area contributed by atoms with Crippen LogP contribution in [-0.4, -0.2) is 51.0 Å². The number of aromatic nitrogens is 2. The van der Waals surface area contributed by atoms with Crippen molar-refractivity contribution in [1.29, 1.82) is 0 Å². The van der Waals surface area contributed by atoms with Gasteiger partial charge in [0.05, 0.1) is 30.0 Å². The van der Waals surface area contributed by atoms with Crippen LogP contribution in [0.15, 0.2) is 42.7 Å². The molecule has 0 aliphatic carbocycles. The Balaban J connectivity index is 1.56. The van der Waals surface area contributed by atoms with Gasteiger partial charge in [0.25, 0.3) is 11.8 Å². The number of hydrogen-bond donors (Lipinski definition) is 3. The van der Waals surface area contributed by atoms with Crippen LogP contribution < -0.4 is 5.32 Å². The number of nitrogens with one attached hydrogen (secondary N) is 2. The summed E-state index contributed by atoms with van der Waals surface area (Å²) in [5.41, 5.74) is 2.16. The first kappa shape index (κ1) is 18.1. The minimum atomic E-state index is -0.620. The molecule has 3 aromatic rings. The number of imidazole rings is 1. The third-order valence-corrected chi connectivity index (χ3v) is 4.93. The predicted molar refractivity (Wildman–Crippen MR) is 102 cm³/mol. The molecule has 1 atom stereocenters. The second-order valence-corrected chi connectivity index (χ2v) is 6.79. The van der Waals surface area contributed by atoms with E-state index in [9.17, 15) is 19.1 Å². The molecule has 0 unspecified atom stereocenters. The van der Waals surface area contributed by atoms with Crippen molar-refractivity contribution in [3.05, 3.63) is 59.7 Å². The van der Waals surface area contributed by atoms with Gasteiger partial charge >= 0.3 is 0 Å². The third kappa shape index (κ3) is 3.46. The molecule has 1 saturated heterocycles. The molecule has 1 aliphatic rings. The Labute approximate surface area is 160 Å². The smallest absolute Gasteiger partial charge is 0.255 e. The number of aliphatic hydroxyl groups is 1. The molecular weight excluding hydrogens is 363 g/mol. The van der Waals surface area contributed by atoms with Crippen LogP contribution in [0.5, 0.6) is 0 Å². The Hall–Kier alpha value is -3.26. The second-order valence-electron chi connectivity index (χ2n) is 6.79. The minimum Gasteiger partial charge on any atom is -0.394 e. The van der Waals surface area contributed by atoms with Gasteiger partial charge < -0.3 is 20.3 Å². The van der Waals surface area contributed by atoms with E-state index >= 15 is 0 Å². The maximum absolute atomic E-state index is 14.1. The fourth-order valence-electron chi connectivity index (χ4n) is 3.52. The molecule has 2 aromatic carbocycles. The van der Waals surface area contributed by atoms with Gasteiger partial charge in [0.15, 0.2) is 0 Å². The van der Waals surface area contributed by atoms with Gasteiger partial charge in [0.1, 0.15) is 5.82 Å². The van der Waals surface area contributed by atoms with Crippen molar-refractivity contribution in [1.82, 2.24) is 14.9 Å². The molecule has 144 valence electrons. The van der Waals surface area contributed by atoms with E-state index in [1.54, 1.807) is 23.1 Å². The quantitative estimate of drug-likeness (QED) is 0.646. The molecule has 0 radical (unpaired) electrons. The topological polar surface area (TPSA) is 98.3 Å². The molecule has 2 amide bonds.